The number of halogens is 2. The molecule has 1 aromatic carbocycles. The van der Waals surface area contributed by atoms with Gasteiger partial charge in [0.05, 0.1) is 6.10 Å². The number of carbonyl (C=O) groups is 1. The van der Waals surface area contributed by atoms with Gasteiger partial charge in [0.25, 0.3) is 0 Å². The summed E-state index contributed by atoms with van der Waals surface area (Å²) in [5.41, 5.74) is -0.0939. The number of benzene rings is 1. The Bertz CT molecular complexity index is 433. The minimum atomic E-state index is -1.14. The smallest absolute Gasteiger partial charge is 0.222 e. The lowest BCUT2D eigenvalue weighted by Crippen LogP contribution is -2.12. The Labute approximate surface area is 97.7 Å². The summed E-state index contributed by atoms with van der Waals surface area (Å²) in [5.74, 6) is -1.31. The molecule has 0 saturated carbocycles. The Morgan fingerprint density at radius 3 is 2.76 bits per heavy atom. The molecule has 0 bridgehead atoms. The standard InChI is InChI=1S/C12H13F2NO2/c13-8-1-2-10(14)9(7-8)11(16)3-4-12(17)15-5-6-15/h1-2,7,11,16H,3-6H2. The second kappa shape index (κ2) is 4.79. The van der Waals surface area contributed by atoms with Crippen LogP contribution in [0.15, 0.2) is 18.2 Å². The predicted molar refractivity (Wildman–Crippen MR) is 57.1 cm³/mol. The van der Waals surface area contributed by atoms with E-state index < -0.39 is 17.7 Å². The third-order valence-corrected chi connectivity index (χ3v) is 2.75. The molecule has 1 aromatic rings. The Morgan fingerprint density at radius 1 is 1.41 bits per heavy atom. The minimum absolute atomic E-state index is 0.0548. The minimum Gasteiger partial charge on any atom is -0.388 e. The number of aliphatic hydroxyl groups is 1. The largest absolute Gasteiger partial charge is 0.388 e. The van der Waals surface area contributed by atoms with E-state index in [1.807, 2.05) is 0 Å². The highest BCUT2D eigenvalue weighted by Crippen LogP contribution is 2.23. The number of amides is 1. The van der Waals surface area contributed by atoms with Crippen molar-refractivity contribution in [3.8, 4) is 0 Å². The summed E-state index contributed by atoms with van der Waals surface area (Å²) in [5, 5.41) is 9.70. The summed E-state index contributed by atoms with van der Waals surface area (Å²) in [4.78, 5) is 13.0. The molecule has 1 amide bonds. The summed E-state index contributed by atoms with van der Waals surface area (Å²) in [6.45, 7) is 1.51. The molecule has 1 unspecified atom stereocenters. The average molecular weight is 241 g/mol. The highest BCUT2D eigenvalue weighted by atomic mass is 19.1. The van der Waals surface area contributed by atoms with Crippen LogP contribution in [-0.2, 0) is 4.79 Å². The number of rotatable bonds is 4. The zero-order valence-corrected chi connectivity index (χ0v) is 9.20. The fraction of sp³-hybridized carbons (Fsp3) is 0.417. The first-order chi connectivity index (χ1) is 8.08. The van der Waals surface area contributed by atoms with Crippen LogP contribution in [0.1, 0.15) is 24.5 Å². The van der Waals surface area contributed by atoms with Crippen LogP contribution in [0.5, 0.6) is 0 Å². The Morgan fingerprint density at radius 2 is 2.12 bits per heavy atom. The van der Waals surface area contributed by atoms with E-state index in [2.05, 4.69) is 0 Å². The molecule has 1 atom stereocenters. The van der Waals surface area contributed by atoms with Crippen molar-refractivity contribution in [1.29, 1.82) is 0 Å². The molecular weight excluding hydrogens is 228 g/mol. The van der Waals surface area contributed by atoms with Crippen LogP contribution in [0.3, 0.4) is 0 Å². The molecular formula is C12H13F2NO2. The first kappa shape index (κ1) is 12.0. The number of nitrogens with zero attached hydrogens (tertiary/aromatic N) is 1. The van der Waals surface area contributed by atoms with E-state index in [9.17, 15) is 18.7 Å². The fourth-order valence-corrected chi connectivity index (χ4v) is 1.64. The Balaban J connectivity index is 1.96. The first-order valence-electron chi connectivity index (χ1n) is 5.48. The summed E-state index contributed by atoms with van der Waals surface area (Å²) in [7, 11) is 0. The molecule has 92 valence electrons. The van der Waals surface area contributed by atoms with Crippen molar-refractivity contribution in [3.63, 3.8) is 0 Å². The van der Waals surface area contributed by atoms with E-state index in [-0.39, 0.29) is 24.3 Å². The molecule has 0 aliphatic carbocycles. The molecule has 0 spiro atoms. The van der Waals surface area contributed by atoms with E-state index in [1.165, 1.54) is 0 Å². The Kier molecular flexibility index (Phi) is 3.38. The van der Waals surface area contributed by atoms with Crippen LogP contribution in [0.25, 0.3) is 0 Å². The van der Waals surface area contributed by atoms with Crippen molar-refractivity contribution in [2.45, 2.75) is 18.9 Å². The molecule has 1 aliphatic heterocycles. The molecule has 0 aromatic heterocycles. The molecule has 2 rings (SSSR count). The van der Waals surface area contributed by atoms with E-state index >= 15 is 0 Å². The third kappa shape index (κ3) is 3.00. The maximum absolute atomic E-state index is 13.3. The lowest BCUT2D eigenvalue weighted by molar-refractivity contribution is -0.126. The van der Waals surface area contributed by atoms with Gasteiger partial charge in [0.15, 0.2) is 0 Å². The molecule has 1 N–H and O–H groups in total. The summed E-state index contributed by atoms with van der Waals surface area (Å²) >= 11 is 0. The van der Waals surface area contributed by atoms with Crippen molar-refractivity contribution in [1.82, 2.24) is 4.90 Å². The Hall–Kier alpha value is -1.49. The number of aliphatic hydroxyl groups excluding tert-OH is 1. The SMILES string of the molecule is O=C(CCC(O)c1cc(F)ccc1F)N1CC1. The van der Waals surface area contributed by atoms with E-state index in [1.54, 1.807) is 4.90 Å². The highest BCUT2D eigenvalue weighted by molar-refractivity contribution is 5.78. The first-order valence-corrected chi connectivity index (χ1v) is 5.48. The normalized spacial score (nSPS) is 15.8. The maximum Gasteiger partial charge on any atom is 0.222 e. The van der Waals surface area contributed by atoms with Crippen LogP contribution in [0.2, 0.25) is 0 Å². The van der Waals surface area contributed by atoms with Crippen LogP contribution >= 0.6 is 0 Å². The van der Waals surface area contributed by atoms with Gasteiger partial charge in [-0.1, -0.05) is 0 Å². The molecule has 3 nitrogen and oxygen atoms in total. The molecule has 17 heavy (non-hydrogen) atoms. The fourth-order valence-electron chi connectivity index (χ4n) is 1.64. The van der Waals surface area contributed by atoms with Crippen LogP contribution < -0.4 is 0 Å². The molecule has 0 radical (unpaired) electrons. The molecule has 1 fully saturated rings. The molecule has 1 heterocycles. The van der Waals surface area contributed by atoms with Gasteiger partial charge in [0, 0.05) is 25.1 Å². The summed E-state index contributed by atoms with van der Waals surface area (Å²) in [6, 6.07) is 2.93. The summed E-state index contributed by atoms with van der Waals surface area (Å²) < 4.78 is 26.2. The van der Waals surface area contributed by atoms with Crippen LogP contribution in [-0.4, -0.2) is 29.0 Å². The summed E-state index contributed by atoms with van der Waals surface area (Å²) in [6.07, 6.45) is -0.887. The molecule has 1 saturated heterocycles. The van der Waals surface area contributed by atoms with Crippen molar-refractivity contribution in [2.75, 3.05) is 13.1 Å². The molecule has 5 heteroatoms. The third-order valence-electron chi connectivity index (χ3n) is 2.75. The van der Waals surface area contributed by atoms with Gasteiger partial charge in [0.2, 0.25) is 5.91 Å². The van der Waals surface area contributed by atoms with Gasteiger partial charge in [-0.05, 0) is 24.6 Å². The zero-order chi connectivity index (χ0) is 12.4. The highest BCUT2D eigenvalue weighted by Gasteiger charge is 2.24. The van der Waals surface area contributed by atoms with Crippen molar-refractivity contribution >= 4 is 5.91 Å². The maximum atomic E-state index is 13.3. The number of hydrogen-bond donors (Lipinski definition) is 1. The van der Waals surface area contributed by atoms with Crippen molar-refractivity contribution in [2.24, 2.45) is 0 Å². The monoisotopic (exact) mass is 241 g/mol. The number of hydrogen-bond acceptors (Lipinski definition) is 2. The van der Waals surface area contributed by atoms with Gasteiger partial charge >= 0.3 is 0 Å². The van der Waals surface area contributed by atoms with E-state index in [0.29, 0.717) is 0 Å². The van der Waals surface area contributed by atoms with Gasteiger partial charge in [-0.15, -0.1) is 0 Å². The van der Waals surface area contributed by atoms with E-state index in [4.69, 9.17) is 0 Å². The van der Waals surface area contributed by atoms with Crippen LogP contribution in [0.4, 0.5) is 8.78 Å². The van der Waals surface area contributed by atoms with Crippen molar-refractivity contribution in [3.05, 3.63) is 35.4 Å². The second-order valence-corrected chi connectivity index (χ2v) is 4.10. The van der Waals surface area contributed by atoms with Gasteiger partial charge < -0.3 is 10.0 Å². The van der Waals surface area contributed by atoms with Gasteiger partial charge in [-0.2, -0.15) is 0 Å². The quantitative estimate of drug-likeness (QED) is 0.814. The predicted octanol–water partition coefficient (Wildman–Crippen LogP) is 1.62. The van der Waals surface area contributed by atoms with Gasteiger partial charge in [-0.3, -0.25) is 4.79 Å². The van der Waals surface area contributed by atoms with E-state index in [0.717, 1.165) is 31.3 Å². The lowest BCUT2D eigenvalue weighted by atomic mass is 10.0. The zero-order valence-electron chi connectivity index (χ0n) is 9.20. The average Bonchev–Trinajstić information content (AvgIpc) is 3.12. The topological polar surface area (TPSA) is 40.3 Å². The van der Waals surface area contributed by atoms with Crippen LogP contribution in [0, 0.1) is 11.6 Å². The molecule has 1 aliphatic rings. The lowest BCUT2D eigenvalue weighted by Gasteiger charge is -2.11. The van der Waals surface area contributed by atoms with Gasteiger partial charge in [0.1, 0.15) is 11.6 Å². The van der Waals surface area contributed by atoms with Crippen molar-refractivity contribution < 1.29 is 18.7 Å². The number of carbonyl (C=O) groups excluding carboxylic acids is 1. The van der Waals surface area contributed by atoms with Gasteiger partial charge in [-0.25, -0.2) is 8.78 Å². The second-order valence-electron chi connectivity index (χ2n) is 4.10.